The highest BCUT2D eigenvalue weighted by Crippen LogP contribution is 2.35. The topological polar surface area (TPSA) is 290 Å². The van der Waals surface area contributed by atoms with Gasteiger partial charge in [0, 0.05) is 23.1 Å². The second kappa shape index (κ2) is 32.2. The average Bonchev–Trinajstić information content (AvgIpc) is 3.26. The van der Waals surface area contributed by atoms with Crippen molar-refractivity contribution in [2.75, 3.05) is 6.26 Å². The van der Waals surface area contributed by atoms with E-state index in [0.29, 0.717) is 56.8 Å². The summed E-state index contributed by atoms with van der Waals surface area (Å²) in [7, 11) is -3.67. The fourth-order valence-corrected chi connectivity index (χ4v) is 7.53. The molecule has 5 rings (SSSR count). The summed E-state index contributed by atoms with van der Waals surface area (Å²) in [6, 6.07) is 19.9. The van der Waals surface area contributed by atoms with E-state index in [4.69, 9.17) is 33.7 Å². The lowest BCUT2D eigenvalue weighted by atomic mass is 9.97. The van der Waals surface area contributed by atoms with Crippen LogP contribution in [0.4, 0.5) is 0 Å². The Balaban J connectivity index is 0.000000399. The number of benzene rings is 3. The van der Waals surface area contributed by atoms with Crippen molar-refractivity contribution in [3.05, 3.63) is 89.5 Å². The van der Waals surface area contributed by atoms with Crippen LogP contribution in [0.1, 0.15) is 152 Å². The van der Waals surface area contributed by atoms with Gasteiger partial charge in [0.2, 0.25) is 0 Å². The molecule has 2 heterocycles. The number of phenolic OH excluding ortho intramolecular Hbond substituents is 3. The molecule has 2 aliphatic heterocycles. The molecular formula is C50H78O17S. The van der Waals surface area contributed by atoms with Crippen LogP contribution < -0.4 is 0 Å². The highest BCUT2D eigenvalue weighted by molar-refractivity contribution is 7.85. The Morgan fingerprint density at radius 2 is 1.04 bits per heavy atom. The van der Waals surface area contributed by atoms with Crippen molar-refractivity contribution in [3.8, 4) is 17.2 Å². The summed E-state index contributed by atoms with van der Waals surface area (Å²) in [4.78, 5) is 10.0. The van der Waals surface area contributed by atoms with E-state index >= 15 is 0 Å². The first-order valence-corrected chi connectivity index (χ1v) is 25.4. The highest BCUT2D eigenvalue weighted by Gasteiger charge is 2.32. The molecule has 0 bridgehead atoms. The van der Waals surface area contributed by atoms with Crippen LogP contribution in [-0.4, -0.2) is 133 Å². The third kappa shape index (κ3) is 27.4. The second-order valence-corrected chi connectivity index (χ2v) is 19.2. The summed E-state index contributed by atoms with van der Waals surface area (Å²) in [5.74, 6) is 0.609. The number of hydrogen-bond donors (Lipinski definition) is 10. The lowest BCUT2D eigenvalue weighted by Gasteiger charge is -2.36. The first-order valence-electron chi connectivity index (χ1n) is 23.5. The standard InChI is InChI=1S/C28H38O7.C14H30O5.C7H6O2.CH4O3S/c1-3-24-17-25(34-28(33-24)20-9-13-22(30)14-10-20)6-4-5-23(31)16-26-15-18(2)32-27(35-26)19-7-11-21(29)12-8-19;1-3-11(16)8-12(17)5-4-6-13(18)9-14(19)7-10(2)15;8-5-6-1-3-7(9)4-2-6;1-5(2,3)4/h7-14,18,23-31H,3-6,15-17H2,1-2H3;10-19H,3-9H2,1-2H3;1-5,9H;1H3,(H,2,3,4)/t18-,23?,24?,25?,26?,27?,28?;10-,11?,12?,13?,14?;;/m00../s1. The third-order valence-electron chi connectivity index (χ3n) is 11.1. The van der Waals surface area contributed by atoms with Gasteiger partial charge in [-0.25, -0.2) is 0 Å². The van der Waals surface area contributed by atoms with Crippen molar-refractivity contribution < 1.29 is 82.7 Å². The number of ether oxygens (including phenoxy) is 4. The molecule has 0 radical (unpaired) electrons. The Bertz CT molecular complexity index is 1870. The zero-order chi connectivity index (χ0) is 50.8. The van der Waals surface area contributed by atoms with Gasteiger partial charge in [-0.05, 0) is 146 Å². The number of aldehydes is 1. The predicted molar refractivity (Wildman–Crippen MR) is 256 cm³/mol. The van der Waals surface area contributed by atoms with Crippen LogP contribution in [0, 0.1) is 0 Å². The van der Waals surface area contributed by atoms with Crippen LogP contribution >= 0.6 is 0 Å². The van der Waals surface area contributed by atoms with Gasteiger partial charge in [-0.15, -0.1) is 0 Å². The fourth-order valence-electron chi connectivity index (χ4n) is 7.53. The third-order valence-corrected chi connectivity index (χ3v) is 11.1. The number of hydrogen-bond acceptors (Lipinski definition) is 16. The monoisotopic (exact) mass is 982 g/mol. The smallest absolute Gasteiger partial charge is 0.261 e. The molecule has 0 saturated carbocycles. The second-order valence-electron chi connectivity index (χ2n) is 17.7. The summed E-state index contributed by atoms with van der Waals surface area (Å²) in [5.41, 5.74) is 2.34. The lowest BCUT2D eigenvalue weighted by molar-refractivity contribution is -0.250. The van der Waals surface area contributed by atoms with Crippen molar-refractivity contribution in [3.63, 3.8) is 0 Å². The van der Waals surface area contributed by atoms with Crippen molar-refractivity contribution >= 4 is 16.4 Å². The van der Waals surface area contributed by atoms with E-state index in [1.807, 2.05) is 26.0 Å². The Morgan fingerprint density at radius 1 is 0.603 bits per heavy atom. The Morgan fingerprint density at radius 3 is 1.51 bits per heavy atom. The van der Waals surface area contributed by atoms with Gasteiger partial charge in [-0.2, -0.15) is 8.42 Å². The van der Waals surface area contributed by atoms with Gasteiger partial charge in [-0.1, -0.05) is 38.1 Å². The van der Waals surface area contributed by atoms with Gasteiger partial charge in [0.1, 0.15) is 23.5 Å². The van der Waals surface area contributed by atoms with Gasteiger partial charge in [0.05, 0.1) is 67.3 Å². The quantitative estimate of drug-likeness (QED) is 0.0389. The SMILES string of the molecule is CCC(O)CC(O)CCCC(O)CC(O)C[C@H](C)O.CCC1CC(CCCC(O)CC2C[C@H](C)OC(c3ccc(O)cc3)O2)OC(c2ccc(O)cc2)O1.CS(=O)(=O)O.O=Cc1ccc(O)cc1. The normalized spacial score (nSPS) is 23.1. The van der Waals surface area contributed by atoms with Crippen LogP contribution in [0.2, 0.25) is 0 Å². The summed E-state index contributed by atoms with van der Waals surface area (Å²) >= 11 is 0. The lowest BCUT2D eigenvalue weighted by Crippen LogP contribution is -2.35. The number of aromatic hydroxyl groups is 3. The highest BCUT2D eigenvalue weighted by atomic mass is 32.2. The first-order chi connectivity index (χ1) is 32.1. The van der Waals surface area contributed by atoms with E-state index in [0.717, 1.165) is 49.5 Å². The maximum absolute atomic E-state index is 10.7. The van der Waals surface area contributed by atoms with Gasteiger partial charge < -0.3 is 64.9 Å². The molecular weight excluding hydrogens is 905 g/mol. The van der Waals surface area contributed by atoms with E-state index in [1.165, 1.54) is 12.1 Å². The molecule has 0 aliphatic carbocycles. The fraction of sp³-hybridized carbons (Fsp3) is 0.620. The molecule has 386 valence electrons. The molecule has 2 saturated heterocycles. The molecule has 3 aromatic rings. The molecule has 0 amide bonds. The van der Waals surface area contributed by atoms with Crippen LogP contribution in [0.5, 0.6) is 17.2 Å². The molecule has 18 heteroatoms. The van der Waals surface area contributed by atoms with E-state index in [2.05, 4.69) is 6.92 Å². The molecule has 2 fully saturated rings. The number of phenols is 3. The number of aliphatic hydroxyl groups is 6. The molecule has 0 spiro atoms. The maximum atomic E-state index is 10.7. The number of carbonyl (C=O) groups excluding carboxylic acids is 1. The average molecular weight is 983 g/mol. The number of rotatable bonds is 21. The van der Waals surface area contributed by atoms with Crippen molar-refractivity contribution in [2.45, 2.75) is 191 Å². The Hall–Kier alpha value is -3.76. The molecule has 2 aliphatic rings. The van der Waals surface area contributed by atoms with E-state index in [9.17, 15) is 49.0 Å². The molecule has 17 nitrogen and oxygen atoms in total. The molecule has 10 N–H and O–H groups in total. The Kier molecular flexibility index (Phi) is 28.6. The van der Waals surface area contributed by atoms with Gasteiger partial charge in [-0.3, -0.25) is 9.35 Å². The molecule has 68 heavy (non-hydrogen) atoms. The van der Waals surface area contributed by atoms with Crippen molar-refractivity contribution in [2.24, 2.45) is 0 Å². The van der Waals surface area contributed by atoms with Gasteiger partial charge in [0.25, 0.3) is 10.1 Å². The summed E-state index contributed by atoms with van der Waals surface area (Å²) < 4.78 is 50.2. The molecule has 12 atom stereocenters. The van der Waals surface area contributed by atoms with Crippen molar-refractivity contribution in [1.29, 1.82) is 0 Å². The summed E-state index contributed by atoms with van der Waals surface area (Å²) in [6.07, 6.45) is 5.99. The minimum Gasteiger partial charge on any atom is -0.508 e. The van der Waals surface area contributed by atoms with E-state index in [1.54, 1.807) is 55.5 Å². The Labute approximate surface area is 402 Å². The maximum Gasteiger partial charge on any atom is 0.261 e. The predicted octanol–water partition coefficient (Wildman–Crippen LogP) is 6.76. The first kappa shape index (κ1) is 60.4. The number of aliphatic hydroxyl groups excluding tert-OH is 6. The molecule has 10 unspecified atom stereocenters. The van der Waals surface area contributed by atoms with Crippen LogP contribution in [0.3, 0.4) is 0 Å². The molecule has 0 aromatic heterocycles. The van der Waals surface area contributed by atoms with Crippen LogP contribution in [0.25, 0.3) is 0 Å². The minimum atomic E-state index is -3.67. The van der Waals surface area contributed by atoms with Gasteiger partial charge >= 0.3 is 0 Å². The van der Waals surface area contributed by atoms with Crippen LogP contribution in [0.15, 0.2) is 72.8 Å². The van der Waals surface area contributed by atoms with E-state index in [-0.39, 0.29) is 54.5 Å². The van der Waals surface area contributed by atoms with Crippen molar-refractivity contribution in [1.82, 2.24) is 0 Å². The number of carbonyl (C=O) groups is 1. The zero-order valence-corrected chi connectivity index (χ0v) is 40.9. The zero-order valence-electron chi connectivity index (χ0n) is 40.1. The van der Waals surface area contributed by atoms with Crippen LogP contribution in [-0.2, 0) is 29.1 Å². The largest absolute Gasteiger partial charge is 0.508 e. The summed E-state index contributed by atoms with van der Waals surface area (Å²) in [6.45, 7) is 7.60. The van der Waals surface area contributed by atoms with E-state index < -0.39 is 59.3 Å². The summed E-state index contributed by atoms with van der Waals surface area (Å²) in [5, 5.41) is 85.9. The molecule has 3 aromatic carbocycles. The minimum absolute atomic E-state index is 0.0261. The van der Waals surface area contributed by atoms with Gasteiger partial charge in [0.15, 0.2) is 12.6 Å².